The molecule has 0 spiro atoms. The maximum absolute atomic E-state index is 5.90. The van der Waals surface area contributed by atoms with Crippen molar-refractivity contribution in [3.63, 3.8) is 0 Å². The lowest BCUT2D eigenvalue weighted by atomic mass is 9.90. The number of nitrogens with one attached hydrogen (secondary N) is 1. The Kier molecular flexibility index (Phi) is 3.91. The largest absolute Gasteiger partial charge is 0.399 e. The van der Waals surface area contributed by atoms with Crippen LogP contribution in [0.5, 0.6) is 0 Å². The second-order valence-corrected chi connectivity index (χ2v) is 5.20. The minimum Gasteiger partial charge on any atom is -0.399 e. The van der Waals surface area contributed by atoms with E-state index in [9.17, 15) is 0 Å². The van der Waals surface area contributed by atoms with Gasteiger partial charge in [0, 0.05) is 5.69 Å². The molecule has 1 atom stereocenters. The Morgan fingerprint density at radius 1 is 1.00 bits per heavy atom. The average Bonchev–Trinajstić information content (AvgIpc) is 2.33. The highest BCUT2D eigenvalue weighted by molar-refractivity contribution is 5.48. The van der Waals surface area contributed by atoms with Gasteiger partial charge in [0.15, 0.2) is 0 Å². The van der Waals surface area contributed by atoms with Crippen molar-refractivity contribution in [2.24, 2.45) is 0 Å². The van der Waals surface area contributed by atoms with E-state index in [-0.39, 0.29) is 6.04 Å². The zero-order chi connectivity index (χ0) is 14.0. The summed E-state index contributed by atoms with van der Waals surface area (Å²) in [6.07, 6.45) is 0. The van der Waals surface area contributed by atoms with Crippen molar-refractivity contribution in [2.45, 2.75) is 26.8 Å². The molecular weight excluding hydrogens is 232 g/mol. The molecule has 3 N–H and O–H groups in total. The first-order chi connectivity index (χ1) is 9.02. The van der Waals surface area contributed by atoms with E-state index in [1.807, 2.05) is 25.2 Å². The minimum absolute atomic E-state index is 0.184. The van der Waals surface area contributed by atoms with Gasteiger partial charge in [0.05, 0.1) is 6.04 Å². The summed E-state index contributed by atoms with van der Waals surface area (Å²) < 4.78 is 0. The third-order valence-electron chi connectivity index (χ3n) is 3.56. The zero-order valence-corrected chi connectivity index (χ0v) is 12.1. The molecule has 0 aliphatic heterocycles. The molecule has 19 heavy (non-hydrogen) atoms. The fraction of sp³-hybridized carbons (Fsp3) is 0.294. The minimum atomic E-state index is 0.184. The van der Waals surface area contributed by atoms with E-state index in [4.69, 9.17) is 5.73 Å². The number of rotatable bonds is 3. The Morgan fingerprint density at radius 3 is 2.16 bits per heavy atom. The van der Waals surface area contributed by atoms with Crippen molar-refractivity contribution in [3.05, 3.63) is 64.2 Å². The van der Waals surface area contributed by atoms with Gasteiger partial charge in [-0.2, -0.15) is 0 Å². The van der Waals surface area contributed by atoms with E-state index in [1.165, 1.54) is 27.8 Å². The highest BCUT2D eigenvalue weighted by atomic mass is 14.9. The van der Waals surface area contributed by atoms with Crippen molar-refractivity contribution < 1.29 is 0 Å². The Bertz CT molecular complexity index is 565. The van der Waals surface area contributed by atoms with Crippen LogP contribution in [0.25, 0.3) is 0 Å². The van der Waals surface area contributed by atoms with Gasteiger partial charge in [-0.1, -0.05) is 29.8 Å². The highest BCUT2D eigenvalue weighted by Crippen LogP contribution is 2.29. The second kappa shape index (κ2) is 5.45. The van der Waals surface area contributed by atoms with Gasteiger partial charge in [-0.15, -0.1) is 0 Å². The quantitative estimate of drug-likeness (QED) is 0.823. The molecule has 1 unspecified atom stereocenters. The van der Waals surface area contributed by atoms with Gasteiger partial charge < -0.3 is 11.1 Å². The van der Waals surface area contributed by atoms with Gasteiger partial charge in [0.1, 0.15) is 0 Å². The first kappa shape index (κ1) is 13.6. The summed E-state index contributed by atoms with van der Waals surface area (Å²) in [5, 5.41) is 3.41. The monoisotopic (exact) mass is 254 g/mol. The van der Waals surface area contributed by atoms with Crippen LogP contribution < -0.4 is 11.1 Å². The zero-order valence-electron chi connectivity index (χ0n) is 12.1. The molecule has 0 fully saturated rings. The number of nitrogens with two attached hydrogens (primary N) is 1. The van der Waals surface area contributed by atoms with Gasteiger partial charge in [-0.05, 0) is 62.2 Å². The lowest BCUT2D eigenvalue weighted by molar-refractivity contribution is 0.683. The third-order valence-corrected chi connectivity index (χ3v) is 3.56. The molecule has 2 rings (SSSR count). The van der Waals surface area contributed by atoms with Gasteiger partial charge in [0.25, 0.3) is 0 Å². The smallest absolute Gasteiger partial charge is 0.0580 e. The molecule has 100 valence electrons. The first-order valence-electron chi connectivity index (χ1n) is 6.63. The Balaban J connectivity index is 2.54. The summed E-state index contributed by atoms with van der Waals surface area (Å²) in [5.74, 6) is 0. The Morgan fingerprint density at radius 2 is 1.63 bits per heavy atom. The summed E-state index contributed by atoms with van der Waals surface area (Å²) in [6, 6.07) is 12.7. The molecule has 0 aromatic heterocycles. The Labute approximate surface area is 115 Å². The fourth-order valence-corrected chi connectivity index (χ4v) is 2.86. The van der Waals surface area contributed by atoms with Crippen LogP contribution in [0.2, 0.25) is 0 Å². The molecule has 0 aliphatic carbocycles. The van der Waals surface area contributed by atoms with Crippen molar-refractivity contribution in [1.29, 1.82) is 0 Å². The lowest BCUT2D eigenvalue weighted by Crippen LogP contribution is -2.20. The van der Waals surface area contributed by atoms with Crippen molar-refractivity contribution in [2.75, 3.05) is 12.8 Å². The van der Waals surface area contributed by atoms with E-state index in [0.29, 0.717) is 0 Å². The first-order valence-corrected chi connectivity index (χ1v) is 6.63. The summed E-state index contributed by atoms with van der Waals surface area (Å²) in [5.41, 5.74) is 13.2. The van der Waals surface area contributed by atoms with Gasteiger partial charge >= 0.3 is 0 Å². The molecule has 2 heteroatoms. The topological polar surface area (TPSA) is 38.0 Å². The van der Waals surface area contributed by atoms with Crippen LogP contribution in [-0.4, -0.2) is 7.05 Å². The fourth-order valence-electron chi connectivity index (χ4n) is 2.86. The van der Waals surface area contributed by atoms with Crippen molar-refractivity contribution >= 4 is 5.69 Å². The summed E-state index contributed by atoms with van der Waals surface area (Å²) >= 11 is 0. The van der Waals surface area contributed by atoms with Crippen LogP contribution in [0.4, 0.5) is 5.69 Å². The maximum Gasteiger partial charge on any atom is 0.0580 e. The molecule has 2 aromatic rings. The van der Waals surface area contributed by atoms with Crippen LogP contribution in [0.15, 0.2) is 36.4 Å². The van der Waals surface area contributed by atoms with Crippen molar-refractivity contribution in [1.82, 2.24) is 5.32 Å². The molecule has 0 saturated carbocycles. The van der Waals surface area contributed by atoms with E-state index < -0.39 is 0 Å². The molecule has 0 heterocycles. The highest BCUT2D eigenvalue weighted by Gasteiger charge is 2.16. The maximum atomic E-state index is 5.90. The molecular formula is C17H22N2. The van der Waals surface area contributed by atoms with E-state index in [0.717, 1.165) is 5.69 Å². The number of benzene rings is 2. The molecule has 2 nitrogen and oxygen atoms in total. The number of hydrogen-bond donors (Lipinski definition) is 2. The normalized spacial score (nSPS) is 12.4. The number of nitrogen functional groups attached to an aromatic ring is 1. The van der Waals surface area contributed by atoms with Crippen LogP contribution in [0.1, 0.15) is 33.9 Å². The van der Waals surface area contributed by atoms with E-state index in [2.05, 4.69) is 44.3 Å². The van der Waals surface area contributed by atoms with Crippen molar-refractivity contribution in [3.8, 4) is 0 Å². The predicted octanol–water partition coefficient (Wildman–Crippen LogP) is 3.50. The van der Waals surface area contributed by atoms with Gasteiger partial charge in [-0.25, -0.2) is 0 Å². The standard InChI is InChI=1S/C17H22N2/c1-11-8-12(2)16(13(3)9-11)17(19-4)14-6-5-7-15(18)10-14/h5-10,17,19H,18H2,1-4H3. The summed E-state index contributed by atoms with van der Waals surface area (Å²) in [7, 11) is 1.99. The Hall–Kier alpha value is -1.80. The number of anilines is 1. The predicted molar refractivity (Wildman–Crippen MR) is 82.4 cm³/mol. The van der Waals surface area contributed by atoms with Crippen LogP contribution in [0.3, 0.4) is 0 Å². The molecule has 2 aromatic carbocycles. The summed E-state index contributed by atoms with van der Waals surface area (Å²) in [4.78, 5) is 0. The van der Waals surface area contributed by atoms with Crippen LogP contribution >= 0.6 is 0 Å². The average molecular weight is 254 g/mol. The van der Waals surface area contributed by atoms with E-state index in [1.54, 1.807) is 0 Å². The molecule has 0 amide bonds. The second-order valence-electron chi connectivity index (χ2n) is 5.20. The number of aryl methyl sites for hydroxylation is 3. The molecule has 0 aliphatic rings. The molecule has 0 saturated heterocycles. The van der Waals surface area contributed by atoms with Crippen LogP contribution in [-0.2, 0) is 0 Å². The van der Waals surface area contributed by atoms with E-state index >= 15 is 0 Å². The molecule has 0 bridgehead atoms. The third kappa shape index (κ3) is 2.79. The number of hydrogen-bond acceptors (Lipinski definition) is 2. The van der Waals surface area contributed by atoms with Gasteiger partial charge in [-0.3, -0.25) is 0 Å². The SMILES string of the molecule is CNC(c1cccc(N)c1)c1c(C)cc(C)cc1C. The molecule has 0 radical (unpaired) electrons. The summed E-state index contributed by atoms with van der Waals surface area (Å²) in [6.45, 7) is 6.48. The lowest BCUT2D eigenvalue weighted by Gasteiger charge is -2.22. The van der Waals surface area contributed by atoms with Crippen LogP contribution in [0, 0.1) is 20.8 Å². The van der Waals surface area contributed by atoms with Gasteiger partial charge in [0.2, 0.25) is 0 Å².